The lowest BCUT2D eigenvalue weighted by Gasteiger charge is -2.15. The number of carbonyl (C=O) groups excluding carboxylic acids is 1. The normalized spacial score (nSPS) is 26.6. The molecule has 1 aliphatic rings. The van der Waals surface area contributed by atoms with Crippen molar-refractivity contribution in [3.63, 3.8) is 0 Å². The summed E-state index contributed by atoms with van der Waals surface area (Å²) in [5, 5.41) is 2.76. The van der Waals surface area contributed by atoms with Gasteiger partial charge in [-0.2, -0.15) is 0 Å². The Hall–Kier alpha value is -0.320. The van der Waals surface area contributed by atoms with Gasteiger partial charge in [0.1, 0.15) is 0 Å². The molecule has 0 spiro atoms. The maximum Gasteiger partial charge on any atom is 0.233 e. The van der Waals surface area contributed by atoms with Crippen molar-refractivity contribution in [3.05, 3.63) is 0 Å². The molecular weight excluding hydrogens is 190 g/mol. The molecule has 1 amide bonds. The lowest BCUT2D eigenvalue weighted by Crippen LogP contribution is -2.38. The Balaban J connectivity index is 0.00000144. The molecule has 78 valence electrons. The molecule has 1 fully saturated rings. The van der Waals surface area contributed by atoms with Crippen LogP contribution in [0.1, 0.15) is 19.3 Å². The Morgan fingerprint density at radius 2 is 2.15 bits per heavy atom. The number of halogens is 1. The maximum absolute atomic E-state index is 10.8. The number of hydrogen-bond donors (Lipinski definition) is 3. The van der Waals surface area contributed by atoms with E-state index in [1.807, 2.05) is 0 Å². The molecule has 4 nitrogen and oxygen atoms in total. The van der Waals surface area contributed by atoms with E-state index < -0.39 is 0 Å². The SMILES string of the molecule is Cl.NCC(=O)NCC1CCCC1N. The first kappa shape index (κ1) is 12.7. The van der Waals surface area contributed by atoms with E-state index in [9.17, 15) is 4.79 Å². The van der Waals surface area contributed by atoms with E-state index in [2.05, 4.69) is 5.32 Å². The highest BCUT2D eigenvalue weighted by Gasteiger charge is 2.23. The standard InChI is InChI=1S/C8H17N3O.ClH/c9-4-8(12)11-5-6-2-1-3-7(6)10;/h6-7H,1-5,9-10H2,(H,11,12);1H. The fraction of sp³-hybridized carbons (Fsp3) is 0.875. The Kier molecular flexibility index (Phi) is 6.03. The van der Waals surface area contributed by atoms with Crippen LogP contribution in [0, 0.1) is 5.92 Å². The number of carbonyl (C=O) groups is 1. The van der Waals surface area contributed by atoms with Crippen molar-refractivity contribution >= 4 is 18.3 Å². The van der Waals surface area contributed by atoms with Crippen LogP contribution in [-0.2, 0) is 4.79 Å². The highest BCUT2D eigenvalue weighted by molar-refractivity contribution is 5.85. The summed E-state index contributed by atoms with van der Waals surface area (Å²) in [6.45, 7) is 0.763. The topological polar surface area (TPSA) is 81.1 Å². The molecular formula is C8H18ClN3O. The van der Waals surface area contributed by atoms with Gasteiger partial charge in [-0.3, -0.25) is 4.79 Å². The average molecular weight is 208 g/mol. The van der Waals surface area contributed by atoms with E-state index >= 15 is 0 Å². The lowest BCUT2D eigenvalue weighted by atomic mass is 10.1. The van der Waals surface area contributed by atoms with E-state index in [1.54, 1.807) is 0 Å². The molecule has 2 unspecified atom stereocenters. The molecule has 0 saturated heterocycles. The fourth-order valence-corrected chi connectivity index (χ4v) is 1.64. The van der Waals surface area contributed by atoms with E-state index in [0.29, 0.717) is 12.5 Å². The minimum atomic E-state index is -0.0888. The van der Waals surface area contributed by atoms with Gasteiger partial charge in [-0.1, -0.05) is 6.42 Å². The number of nitrogens with one attached hydrogen (secondary N) is 1. The molecule has 0 radical (unpaired) electrons. The minimum Gasteiger partial charge on any atom is -0.355 e. The molecule has 2 atom stereocenters. The van der Waals surface area contributed by atoms with Gasteiger partial charge < -0.3 is 16.8 Å². The first-order valence-electron chi connectivity index (χ1n) is 4.46. The summed E-state index contributed by atoms with van der Waals surface area (Å²) in [7, 11) is 0. The Morgan fingerprint density at radius 1 is 1.46 bits per heavy atom. The third-order valence-electron chi connectivity index (χ3n) is 2.46. The number of rotatable bonds is 3. The van der Waals surface area contributed by atoms with Gasteiger partial charge in [0.2, 0.25) is 5.91 Å². The van der Waals surface area contributed by atoms with Crippen molar-refractivity contribution in [3.8, 4) is 0 Å². The molecule has 0 aromatic carbocycles. The van der Waals surface area contributed by atoms with E-state index in [-0.39, 0.29) is 30.9 Å². The van der Waals surface area contributed by atoms with E-state index in [4.69, 9.17) is 11.5 Å². The molecule has 0 aromatic heterocycles. The zero-order chi connectivity index (χ0) is 8.97. The van der Waals surface area contributed by atoms with Crippen molar-refractivity contribution in [1.82, 2.24) is 5.32 Å². The molecule has 13 heavy (non-hydrogen) atoms. The average Bonchev–Trinajstić information content (AvgIpc) is 2.47. The van der Waals surface area contributed by atoms with Gasteiger partial charge >= 0.3 is 0 Å². The van der Waals surface area contributed by atoms with Crippen LogP contribution in [0.3, 0.4) is 0 Å². The summed E-state index contributed by atoms with van der Waals surface area (Å²) in [4.78, 5) is 10.8. The van der Waals surface area contributed by atoms with Gasteiger partial charge in [0.05, 0.1) is 6.54 Å². The zero-order valence-corrected chi connectivity index (χ0v) is 8.48. The Bertz CT molecular complexity index is 165. The van der Waals surface area contributed by atoms with E-state index in [0.717, 1.165) is 12.8 Å². The summed E-state index contributed by atoms with van der Waals surface area (Å²) in [5.74, 6) is 0.370. The van der Waals surface area contributed by atoms with E-state index in [1.165, 1.54) is 6.42 Å². The van der Waals surface area contributed by atoms with Crippen molar-refractivity contribution in [2.45, 2.75) is 25.3 Å². The number of nitrogens with two attached hydrogens (primary N) is 2. The summed E-state index contributed by atoms with van der Waals surface area (Å²) >= 11 is 0. The highest BCUT2D eigenvalue weighted by Crippen LogP contribution is 2.22. The van der Waals surface area contributed by atoms with Gasteiger partial charge in [0, 0.05) is 12.6 Å². The molecule has 1 saturated carbocycles. The molecule has 1 aliphatic carbocycles. The van der Waals surface area contributed by atoms with Crippen LogP contribution in [0.25, 0.3) is 0 Å². The van der Waals surface area contributed by atoms with Gasteiger partial charge in [-0.15, -0.1) is 12.4 Å². The minimum absolute atomic E-state index is 0. The summed E-state index contributed by atoms with van der Waals surface area (Å²) in [5.41, 5.74) is 11.0. The van der Waals surface area contributed by atoms with Gasteiger partial charge in [-0.05, 0) is 18.8 Å². The zero-order valence-electron chi connectivity index (χ0n) is 7.66. The van der Waals surface area contributed by atoms with Crippen LogP contribution >= 0.6 is 12.4 Å². The number of amides is 1. The van der Waals surface area contributed by atoms with Gasteiger partial charge in [0.15, 0.2) is 0 Å². The molecule has 0 bridgehead atoms. The molecule has 5 N–H and O–H groups in total. The number of hydrogen-bond acceptors (Lipinski definition) is 3. The lowest BCUT2D eigenvalue weighted by molar-refractivity contribution is -0.119. The third kappa shape index (κ3) is 3.93. The monoisotopic (exact) mass is 207 g/mol. The second-order valence-electron chi connectivity index (χ2n) is 3.36. The van der Waals surface area contributed by atoms with Crippen LogP contribution in [0.4, 0.5) is 0 Å². The fourth-order valence-electron chi connectivity index (χ4n) is 1.64. The quantitative estimate of drug-likeness (QED) is 0.590. The van der Waals surface area contributed by atoms with Crippen LogP contribution in [0.5, 0.6) is 0 Å². The summed E-state index contributed by atoms with van der Waals surface area (Å²) in [6, 6.07) is 0.267. The van der Waals surface area contributed by atoms with Crippen molar-refractivity contribution in [1.29, 1.82) is 0 Å². The molecule has 0 aliphatic heterocycles. The van der Waals surface area contributed by atoms with Crippen LogP contribution < -0.4 is 16.8 Å². The molecule has 0 aromatic rings. The largest absolute Gasteiger partial charge is 0.355 e. The van der Waals surface area contributed by atoms with Crippen LogP contribution in [0.2, 0.25) is 0 Å². The third-order valence-corrected chi connectivity index (χ3v) is 2.46. The Morgan fingerprint density at radius 3 is 2.62 bits per heavy atom. The Labute approximate surface area is 84.8 Å². The summed E-state index contributed by atoms with van der Waals surface area (Å²) < 4.78 is 0. The van der Waals surface area contributed by atoms with Crippen molar-refractivity contribution < 1.29 is 4.79 Å². The molecule has 1 rings (SSSR count). The smallest absolute Gasteiger partial charge is 0.233 e. The first-order valence-corrected chi connectivity index (χ1v) is 4.46. The predicted molar refractivity (Wildman–Crippen MR) is 54.6 cm³/mol. The van der Waals surface area contributed by atoms with Crippen LogP contribution in [-0.4, -0.2) is 25.0 Å². The van der Waals surface area contributed by atoms with Gasteiger partial charge in [-0.25, -0.2) is 0 Å². The first-order chi connectivity index (χ1) is 5.74. The summed E-state index contributed by atoms with van der Waals surface area (Å²) in [6.07, 6.45) is 3.40. The second-order valence-corrected chi connectivity index (χ2v) is 3.36. The molecule has 0 heterocycles. The van der Waals surface area contributed by atoms with Gasteiger partial charge in [0.25, 0.3) is 0 Å². The van der Waals surface area contributed by atoms with Crippen molar-refractivity contribution in [2.24, 2.45) is 17.4 Å². The maximum atomic E-state index is 10.8. The van der Waals surface area contributed by atoms with Crippen molar-refractivity contribution in [2.75, 3.05) is 13.1 Å². The van der Waals surface area contributed by atoms with Crippen LogP contribution in [0.15, 0.2) is 0 Å². The molecule has 5 heteroatoms. The predicted octanol–water partition coefficient (Wildman–Crippen LogP) is -0.390. The highest BCUT2D eigenvalue weighted by atomic mass is 35.5. The second kappa shape index (κ2) is 6.18.